The molecule has 1 N–H and O–H groups in total. The Morgan fingerprint density at radius 2 is 1.32 bits per heavy atom. The Balaban J connectivity index is 1.60. The van der Waals surface area contributed by atoms with Gasteiger partial charge in [0.05, 0.1) is 36.9 Å². The number of ether oxygens (including phenoxy) is 3. The van der Waals surface area contributed by atoms with Crippen LogP contribution < -0.4 is 10.4 Å². The second kappa shape index (κ2) is 15.2. The summed E-state index contributed by atoms with van der Waals surface area (Å²) in [5.41, 5.74) is 1.82. The molecule has 7 nitrogen and oxygen atoms in total. The minimum absolute atomic E-state index is 0.0268. The maximum atomic E-state index is 13.8. The number of carbonyl (C=O) groups is 1. The van der Waals surface area contributed by atoms with Crippen LogP contribution in [0.4, 0.5) is 0 Å². The molecule has 0 saturated heterocycles. The van der Waals surface area contributed by atoms with Gasteiger partial charge < -0.3 is 28.2 Å². The van der Waals surface area contributed by atoms with Crippen molar-refractivity contribution in [2.45, 2.75) is 89.3 Å². The molecule has 1 heterocycles. The van der Waals surface area contributed by atoms with E-state index in [-0.39, 0.29) is 23.3 Å². The number of aliphatic hydroxyl groups excluding tert-OH is 1. The van der Waals surface area contributed by atoms with Gasteiger partial charge in [0.1, 0.15) is 6.10 Å². The van der Waals surface area contributed by atoms with Crippen molar-refractivity contribution >= 4 is 33.0 Å². The molecule has 5 atom stereocenters. The molecule has 3 aromatic carbocycles. The summed E-state index contributed by atoms with van der Waals surface area (Å²) in [7, 11) is -3.60. The Kier molecular flexibility index (Phi) is 11.6. The number of rotatable bonds is 11. The van der Waals surface area contributed by atoms with Gasteiger partial charge in [0.2, 0.25) is 0 Å². The average Bonchev–Trinajstić information content (AvgIpc) is 3.09. The second-order valence-electron chi connectivity index (χ2n) is 15.9. The van der Waals surface area contributed by atoms with Gasteiger partial charge in [-0.2, -0.15) is 0 Å². The third-order valence-electron chi connectivity index (χ3n) is 10.6. The number of methoxy groups -OCH3 is 1. The maximum absolute atomic E-state index is 13.8. The van der Waals surface area contributed by atoms with E-state index < -0.39 is 53.1 Å². The summed E-state index contributed by atoms with van der Waals surface area (Å²) in [5, 5.41) is 13.8. The number of esters is 1. The molecule has 1 unspecified atom stereocenters. The lowest BCUT2D eigenvalue weighted by atomic mass is 9.75. The van der Waals surface area contributed by atoms with Crippen LogP contribution in [0.1, 0.15) is 51.9 Å². The lowest BCUT2D eigenvalue weighted by Gasteiger charge is -2.47. The van der Waals surface area contributed by atoms with E-state index in [1.54, 1.807) is 31.4 Å². The minimum atomic E-state index is -2.98. The monoisotopic (exact) mass is 714 g/mol. The zero-order valence-corrected chi connectivity index (χ0v) is 33.0. The van der Waals surface area contributed by atoms with E-state index in [1.807, 2.05) is 30.3 Å². The molecule has 0 spiro atoms. The fourth-order valence-corrected chi connectivity index (χ4v) is 12.4. The molecule has 50 heavy (non-hydrogen) atoms. The molecule has 268 valence electrons. The third-order valence-corrected chi connectivity index (χ3v) is 20.1. The molecule has 0 amide bonds. The first-order valence-electron chi connectivity index (χ1n) is 17.5. The van der Waals surface area contributed by atoms with Crippen LogP contribution in [-0.4, -0.2) is 72.6 Å². The molecule has 9 heteroatoms. The highest BCUT2D eigenvalue weighted by Crippen LogP contribution is 2.43. The topological polar surface area (TPSA) is 83.5 Å². The Morgan fingerprint density at radius 1 is 0.780 bits per heavy atom. The van der Waals surface area contributed by atoms with Gasteiger partial charge in [0.25, 0.3) is 8.32 Å². The molecule has 0 radical (unpaired) electrons. The van der Waals surface area contributed by atoms with Gasteiger partial charge in [-0.3, -0.25) is 0 Å². The molecule has 1 aliphatic heterocycles. The normalized spacial score (nSPS) is 23.0. The van der Waals surface area contributed by atoms with Crippen molar-refractivity contribution in [2.24, 2.45) is 5.92 Å². The summed E-state index contributed by atoms with van der Waals surface area (Å²) in [6.07, 6.45) is 0.597. The van der Waals surface area contributed by atoms with Crippen molar-refractivity contribution in [1.29, 1.82) is 0 Å². The van der Waals surface area contributed by atoms with Crippen molar-refractivity contribution in [3.05, 3.63) is 120 Å². The molecular weight excluding hydrogens is 661 g/mol. The van der Waals surface area contributed by atoms with Gasteiger partial charge >= 0.3 is 5.97 Å². The number of benzene rings is 3. The molecule has 3 aromatic rings. The van der Waals surface area contributed by atoms with Crippen molar-refractivity contribution in [3.63, 3.8) is 0 Å². The predicted molar refractivity (Wildman–Crippen MR) is 204 cm³/mol. The van der Waals surface area contributed by atoms with Crippen LogP contribution >= 0.6 is 0 Å². The van der Waals surface area contributed by atoms with Gasteiger partial charge in [-0.05, 0) is 69.0 Å². The quantitative estimate of drug-likeness (QED) is 0.130. The van der Waals surface area contributed by atoms with Gasteiger partial charge in [-0.25, -0.2) is 4.79 Å². The molecule has 1 aliphatic carbocycles. The highest BCUT2D eigenvalue weighted by molar-refractivity contribution is 6.99. The summed E-state index contributed by atoms with van der Waals surface area (Å²) in [6, 6.07) is 29.8. The van der Waals surface area contributed by atoms with Crippen LogP contribution in [0.15, 0.2) is 114 Å². The van der Waals surface area contributed by atoms with Gasteiger partial charge in [0.15, 0.2) is 14.6 Å². The van der Waals surface area contributed by atoms with Crippen LogP contribution in [0.2, 0.25) is 23.2 Å². The van der Waals surface area contributed by atoms with E-state index in [0.29, 0.717) is 16.7 Å². The Hall–Kier alpha value is -3.16. The Morgan fingerprint density at radius 3 is 1.82 bits per heavy atom. The fourth-order valence-electron chi connectivity index (χ4n) is 6.83. The molecule has 0 fully saturated rings. The maximum Gasteiger partial charge on any atom is 0.338 e. The molecule has 2 aliphatic rings. The van der Waals surface area contributed by atoms with Crippen LogP contribution in [-0.2, 0) is 23.1 Å². The van der Waals surface area contributed by atoms with Crippen molar-refractivity contribution in [3.8, 4) is 0 Å². The Bertz CT molecular complexity index is 1600. The zero-order chi connectivity index (χ0) is 36.3. The standard InChI is InChI=1S/C41H54O7Si2/c1-40(2,3)49(8,9)45-28-35-37-33(26-36(44-7)47-35)34(42)25-30(38(37)48-39(43)29-19-13-10-14-20-29)27-46-50(41(4,5)6,31-21-15-11-16-22-31)32-23-17-12-18-24-32/h10-26,34-38,42H,27-28H2,1-9H3/t34-,35-,36?,37+,38-/m1/s1. The van der Waals surface area contributed by atoms with Crippen LogP contribution in [0, 0.1) is 5.92 Å². The van der Waals surface area contributed by atoms with Crippen molar-refractivity contribution < 1.29 is 33.0 Å². The minimum Gasteiger partial charge on any atom is -0.453 e. The smallest absolute Gasteiger partial charge is 0.338 e. The van der Waals surface area contributed by atoms with Crippen molar-refractivity contribution in [2.75, 3.05) is 20.3 Å². The fraction of sp³-hybridized carbons (Fsp3) is 0.439. The first-order valence-corrected chi connectivity index (χ1v) is 22.3. The summed E-state index contributed by atoms with van der Waals surface area (Å²) in [6.45, 7) is 18.1. The summed E-state index contributed by atoms with van der Waals surface area (Å²) in [4.78, 5) is 13.8. The number of fused-ring (bicyclic) bond motifs is 1. The van der Waals surface area contributed by atoms with E-state index in [0.717, 1.165) is 10.4 Å². The van der Waals surface area contributed by atoms with Gasteiger partial charge in [-0.15, -0.1) is 0 Å². The van der Waals surface area contributed by atoms with Crippen LogP contribution in [0.5, 0.6) is 0 Å². The highest BCUT2D eigenvalue weighted by Gasteiger charge is 2.52. The van der Waals surface area contributed by atoms with Gasteiger partial charge in [0, 0.05) is 7.11 Å². The molecule has 0 bridgehead atoms. The summed E-state index contributed by atoms with van der Waals surface area (Å²) < 4.78 is 32.7. The van der Waals surface area contributed by atoms with E-state index in [4.69, 9.17) is 23.1 Å². The van der Waals surface area contributed by atoms with E-state index in [1.165, 1.54) is 0 Å². The van der Waals surface area contributed by atoms with Crippen LogP contribution in [0.25, 0.3) is 0 Å². The van der Waals surface area contributed by atoms with E-state index in [9.17, 15) is 9.90 Å². The lowest BCUT2D eigenvalue weighted by Crippen LogP contribution is -2.67. The van der Waals surface area contributed by atoms with Crippen molar-refractivity contribution in [1.82, 2.24) is 0 Å². The van der Waals surface area contributed by atoms with Crippen LogP contribution in [0.3, 0.4) is 0 Å². The van der Waals surface area contributed by atoms with E-state index >= 15 is 0 Å². The van der Waals surface area contributed by atoms with E-state index in [2.05, 4.69) is 103 Å². The predicted octanol–water partition coefficient (Wildman–Crippen LogP) is 7.03. The largest absolute Gasteiger partial charge is 0.453 e. The number of hydrogen-bond acceptors (Lipinski definition) is 7. The first kappa shape index (κ1) is 38.1. The molecule has 5 rings (SSSR count). The second-order valence-corrected chi connectivity index (χ2v) is 25.0. The average molecular weight is 715 g/mol. The zero-order valence-electron chi connectivity index (χ0n) is 31.0. The molecular formula is C41H54O7Si2. The molecule has 0 saturated carbocycles. The number of hydrogen-bond donors (Lipinski definition) is 1. The Labute approximate surface area is 300 Å². The first-order chi connectivity index (χ1) is 23.6. The summed E-state index contributed by atoms with van der Waals surface area (Å²) >= 11 is 0. The summed E-state index contributed by atoms with van der Waals surface area (Å²) in [5.74, 6) is -0.989. The van der Waals surface area contributed by atoms with Gasteiger partial charge in [-0.1, -0.05) is 120 Å². The number of carbonyl (C=O) groups excluding carboxylic acids is 1. The SMILES string of the molecule is COC1C=C2[C@H]([C@H](OC(=O)c3ccccc3)C(CO[Si](c3ccccc3)(c3ccccc3)C(C)(C)C)=C[C@H]2O)[C@@H](CO[Si](C)(C)C(C)(C)C)O1. The lowest BCUT2D eigenvalue weighted by molar-refractivity contribution is -0.170. The highest BCUT2D eigenvalue weighted by atomic mass is 28.4. The molecule has 0 aromatic heterocycles. The third kappa shape index (κ3) is 7.84. The number of aliphatic hydroxyl groups is 1.